The van der Waals surface area contributed by atoms with Crippen molar-refractivity contribution in [2.24, 2.45) is 4.52 Å². The molecule has 220 valence electrons. The van der Waals surface area contributed by atoms with Crippen LogP contribution in [0.1, 0.15) is 20.8 Å². The topological polar surface area (TPSA) is 127 Å². The van der Waals surface area contributed by atoms with Crippen LogP contribution in [0.15, 0.2) is 87.1 Å². The van der Waals surface area contributed by atoms with E-state index in [-0.39, 0.29) is 4.90 Å². The monoisotopic (exact) mass is 598 g/mol. The maximum absolute atomic E-state index is 12.6. The summed E-state index contributed by atoms with van der Waals surface area (Å²) in [5.41, 5.74) is 10.3. The molecule has 0 saturated heterocycles. The second-order valence-electron chi connectivity index (χ2n) is 9.11. The van der Waals surface area contributed by atoms with E-state index < -0.39 is 20.0 Å². The van der Waals surface area contributed by atoms with E-state index in [0.717, 1.165) is 27.5 Å². The van der Waals surface area contributed by atoms with Gasteiger partial charge in [0.2, 0.25) is 10.0 Å². The molecule has 41 heavy (non-hydrogen) atoms. The van der Waals surface area contributed by atoms with E-state index in [2.05, 4.69) is 9.43 Å². The first kappa shape index (κ1) is 33.4. The number of nitrogens with zero attached hydrogens (tertiary/aromatic N) is 6. The Hall–Kier alpha value is -3.83. The van der Waals surface area contributed by atoms with Gasteiger partial charge in [-0.1, -0.05) is 69.3 Å². The molecule has 0 radical (unpaired) electrons. The van der Waals surface area contributed by atoms with Crippen LogP contribution in [0.4, 0.5) is 11.4 Å². The Kier molecular flexibility index (Phi) is 11.5. The molecule has 0 amide bonds. The number of fused-ring (bicyclic) bond motifs is 2. The van der Waals surface area contributed by atoms with E-state index in [4.69, 9.17) is 5.53 Å². The molecule has 0 atom stereocenters. The van der Waals surface area contributed by atoms with Gasteiger partial charge < -0.3 is 9.80 Å². The van der Waals surface area contributed by atoms with Crippen molar-refractivity contribution in [3.05, 3.63) is 83.2 Å². The molecule has 0 aliphatic rings. The molecule has 0 fully saturated rings. The van der Waals surface area contributed by atoms with E-state index in [1.807, 2.05) is 95.2 Å². The Morgan fingerprint density at radius 2 is 1.05 bits per heavy atom. The van der Waals surface area contributed by atoms with Gasteiger partial charge in [-0.15, -0.1) is 0 Å². The first-order valence-corrected chi connectivity index (χ1v) is 15.9. The molecular formula is C29H38N6O4S2. The van der Waals surface area contributed by atoms with E-state index in [1.165, 1.54) is 10.4 Å². The minimum Gasteiger partial charge on any atom is -0.377 e. The fourth-order valence-electron chi connectivity index (χ4n) is 4.19. The summed E-state index contributed by atoms with van der Waals surface area (Å²) in [6, 6.07) is 21.4. The second-order valence-corrected chi connectivity index (χ2v) is 12.7. The van der Waals surface area contributed by atoms with Crippen molar-refractivity contribution in [3.63, 3.8) is 0 Å². The lowest BCUT2D eigenvalue weighted by molar-refractivity contribution is 0.487. The summed E-state index contributed by atoms with van der Waals surface area (Å²) in [5.74, 6) is 0. The molecule has 0 saturated carbocycles. The zero-order valence-corrected chi connectivity index (χ0v) is 26.4. The molecule has 0 spiro atoms. The minimum absolute atomic E-state index is 0.0199. The quantitative estimate of drug-likeness (QED) is 0.136. The van der Waals surface area contributed by atoms with Gasteiger partial charge in [0, 0.05) is 84.1 Å². The molecule has 10 nitrogen and oxygen atoms in total. The van der Waals surface area contributed by atoms with Gasteiger partial charge in [0.25, 0.3) is 10.0 Å². The summed E-state index contributed by atoms with van der Waals surface area (Å²) in [4.78, 5) is 6.64. The number of rotatable bonds is 7. The third-order valence-electron chi connectivity index (χ3n) is 6.24. The molecule has 4 aromatic carbocycles. The zero-order valence-electron chi connectivity index (χ0n) is 24.8. The van der Waals surface area contributed by atoms with Crippen LogP contribution in [0.5, 0.6) is 0 Å². The highest BCUT2D eigenvalue weighted by Gasteiger charge is 2.22. The van der Waals surface area contributed by atoms with Crippen LogP contribution in [0.2, 0.25) is 0 Å². The van der Waals surface area contributed by atoms with E-state index in [0.29, 0.717) is 16.8 Å². The largest absolute Gasteiger partial charge is 0.377 e. The Balaban J connectivity index is 0.000000271. The normalized spacial score (nSPS) is 11.1. The molecule has 0 bridgehead atoms. The Morgan fingerprint density at radius 3 is 1.46 bits per heavy atom. The summed E-state index contributed by atoms with van der Waals surface area (Å²) >= 11 is 0. The van der Waals surface area contributed by atoms with Gasteiger partial charge in [-0.3, -0.25) is 0 Å². The zero-order chi connectivity index (χ0) is 31.0. The third kappa shape index (κ3) is 7.28. The van der Waals surface area contributed by atoms with Gasteiger partial charge in [0.05, 0.1) is 9.79 Å². The molecule has 4 rings (SSSR count). The van der Waals surface area contributed by atoms with Gasteiger partial charge >= 0.3 is 0 Å². The van der Waals surface area contributed by atoms with E-state index >= 15 is 0 Å². The maximum atomic E-state index is 12.6. The van der Waals surface area contributed by atoms with Crippen molar-refractivity contribution in [1.82, 2.24) is 4.31 Å². The molecule has 4 aromatic rings. The summed E-state index contributed by atoms with van der Waals surface area (Å²) in [5, 5.41) is 3.05. The van der Waals surface area contributed by atoms with Crippen LogP contribution in [-0.4, -0.2) is 62.9 Å². The highest BCUT2D eigenvalue weighted by atomic mass is 32.2. The molecule has 0 aromatic heterocycles. The molecule has 0 heterocycles. The second kappa shape index (κ2) is 14.2. The Bertz CT molecular complexity index is 1770. The first-order chi connectivity index (χ1) is 19.4. The Labute approximate surface area is 243 Å². The molecule has 12 heteroatoms. The molecular weight excluding hydrogens is 560 g/mol. The van der Waals surface area contributed by atoms with Crippen LogP contribution in [-0.2, 0) is 20.0 Å². The molecule has 0 N–H and O–H groups in total. The van der Waals surface area contributed by atoms with Gasteiger partial charge in [-0.05, 0) is 29.8 Å². The summed E-state index contributed by atoms with van der Waals surface area (Å²) in [7, 11) is 1.83. The van der Waals surface area contributed by atoms with Crippen LogP contribution < -0.4 is 9.80 Å². The van der Waals surface area contributed by atoms with Crippen LogP contribution in [0.25, 0.3) is 32.0 Å². The molecule has 0 unspecified atom stereocenters. The van der Waals surface area contributed by atoms with Gasteiger partial charge in [-0.2, -0.15) is 0 Å². The highest BCUT2D eigenvalue weighted by Crippen LogP contribution is 2.32. The predicted octanol–water partition coefficient (Wildman–Crippen LogP) is 6.48. The van der Waals surface area contributed by atoms with Crippen molar-refractivity contribution in [1.29, 1.82) is 0 Å². The minimum atomic E-state index is -3.99. The summed E-state index contributed by atoms with van der Waals surface area (Å²) < 4.78 is 53.2. The first-order valence-electron chi connectivity index (χ1n) is 13.0. The third-order valence-corrected chi connectivity index (χ3v) is 9.43. The lowest BCUT2D eigenvalue weighted by atomic mass is 10.1. The Morgan fingerprint density at radius 1 is 0.659 bits per heavy atom. The number of hydrogen-bond donors (Lipinski definition) is 0. The number of anilines is 2. The maximum Gasteiger partial charge on any atom is 0.264 e. The van der Waals surface area contributed by atoms with E-state index in [9.17, 15) is 16.8 Å². The number of benzene rings is 4. The van der Waals surface area contributed by atoms with Crippen LogP contribution >= 0.6 is 0 Å². The molecule has 0 aliphatic carbocycles. The predicted molar refractivity (Wildman–Crippen MR) is 170 cm³/mol. The summed E-state index contributed by atoms with van der Waals surface area (Å²) in [6.45, 7) is 6.28. The smallest absolute Gasteiger partial charge is 0.264 e. The van der Waals surface area contributed by atoms with Crippen molar-refractivity contribution < 1.29 is 16.8 Å². The van der Waals surface area contributed by atoms with Gasteiger partial charge in [-0.25, -0.2) is 21.1 Å². The van der Waals surface area contributed by atoms with Crippen LogP contribution in [0, 0.1) is 0 Å². The molecule has 0 aliphatic heterocycles. The van der Waals surface area contributed by atoms with Crippen molar-refractivity contribution >= 4 is 53.0 Å². The standard InChI is InChI=1S/C15H20N2O2S.C12H12N4O2S.C2H6/c1-5-17(4)20(18,19)15-11-7-8-12-13(15)9-6-10-14(12)16(2)3;1-16(2)11-7-3-6-10-9(11)5-4-8-12(10)19(17,18)15-14-13;1-2/h6-11H,5H2,1-4H3;3-8H,1-2H3;1-2H3. The average Bonchev–Trinajstić information content (AvgIpc) is 2.96. The average molecular weight is 599 g/mol. The van der Waals surface area contributed by atoms with Gasteiger partial charge in [0.1, 0.15) is 0 Å². The highest BCUT2D eigenvalue weighted by molar-refractivity contribution is 7.90. The van der Waals surface area contributed by atoms with Crippen molar-refractivity contribution in [2.45, 2.75) is 30.6 Å². The SMILES string of the molecule is CC.CCN(C)S(=O)(=O)c1cccc2c(N(C)C)cccc12.CN(C)c1cccc2c(S(=O)(=O)N=[N+]=[N-])cccc12. The van der Waals surface area contributed by atoms with Gasteiger partial charge in [0.15, 0.2) is 0 Å². The number of hydrogen-bond acceptors (Lipinski definition) is 6. The number of azide groups is 1. The van der Waals surface area contributed by atoms with Crippen LogP contribution in [0.3, 0.4) is 0 Å². The lowest BCUT2D eigenvalue weighted by Gasteiger charge is -2.19. The fraction of sp³-hybridized carbons (Fsp3) is 0.310. The van der Waals surface area contributed by atoms with Crippen molar-refractivity contribution in [2.75, 3.05) is 51.6 Å². The van der Waals surface area contributed by atoms with E-state index in [1.54, 1.807) is 37.4 Å². The lowest BCUT2D eigenvalue weighted by Crippen LogP contribution is -2.26. The number of sulfonamides is 2. The van der Waals surface area contributed by atoms with Crippen molar-refractivity contribution in [3.8, 4) is 0 Å². The summed E-state index contributed by atoms with van der Waals surface area (Å²) in [6.07, 6.45) is 0. The fourth-order valence-corrected chi connectivity index (χ4v) is 6.46.